The van der Waals surface area contributed by atoms with Crippen molar-refractivity contribution in [2.75, 3.05) is 32.6 Å². The van der Waals surface area contributed by atoms with E-state index < -0.39 is 0 Å². The monoisotopic (exact) mass is 280 g/mol. The summed E-state index contributed by atoms with van der Waals surface area (Å²) >= 11 is 1.80. The topological polar surface area (TPSA) is 32.3 Å². The molecule has 4 heteroatoms. The normalized spacial score (nSPS) is 12.5. The van der Waals surface area contributed by atoms with E-state index in [1.165, 1.54) is 5.56 Å². The van der Waals surface area contributed by atoms with Crippen molar-refractivity contribution in [1.29, 1.82) is 0 Å². The Labute approximate surface area is 120 Å². The highest BCUT2D eigenvalue weighted by Gasteiger charge is 2.22. The van der Waals surface area contributed by atoms with Crippen LogP contribution in [0.15, 0.2) is 24.3 Å². The van der Waals surface area contributed by atoms with Gasteiger partial charge in [0, 0.05) is 6.54 Å². The summed E-state index contributed by atoms with van der Waals surface area (Å²) in [6.45, 7) is 2.79. The number of benzene rings is 1. The fourth-order valence-electron chi connectivity index (χ4n) is 2.05. The second-order valence-electron chi connectivity index (χ2n) is 4.92. The summed E-state index contributed by atoms with van der Waals surface area (Å²) in [5.74, 6) is 1.16. The largest absolute Gasteiger partial charge is 0.354 e. The molecule has 1 rings (SSSR count). The number of hydrogen-bond acceptors (Lipinski definition) is 3. The molecule has 0 aliphatic heterocycles. The fourth-order valence-corrected chi connectivity index (χ4v) is 2.48. The van der Waals surface area contributed by atoms with Crippen molar-refractivity contribution in [2.45, 2.75) is 19.4 Å². The summed E-state index contributed by atoms with van der Waals surface area (Å²) in [7, 11) is 3.88. The van der Waals surface area contributed by atoms with Crippen LogP contribution >= 0.6 is 11.8 Å². The van der Waals surface area contributed by atoms with Crippen LogP contribution in [-0.2, 0) is 4.79 Å². The van der Waals surface area contributed by atoms with Gasteiger partial charge >= 0.3 is 0 Å². The predicted molar refractivity (Wildman–Crippen MR) is 83.6 cm³/mol. The van der Waals surface area contributed by atoms with Crippen LogP contribution in [0.25, 0.3) is 0 Å². The highest BCUT2D eigenvalue weighted by molar-refractivity contribution is 7.98. The van der Waals surface area contributed by atoms with Gasteiger partial charge in [0.1, 0.15) is 6.04 Å². The average molecular weight is 280 g/mol. The van der Waals surface area contributed by atoms with Gasteiger partial charge in [-0.15, -0.1) is 0 Å². The Morgan fingerprint density at radius 1 is 1.42 bits per heavy atom. The van der Waals surface area contributed by atoms with E-state index in [9.17, 15) is 4.79 Å². The molecule has 0 bridgehead atoms. The molecule has 1 amide bonds. The third-order valence-electron chi connectivity index (χ3n) is 2.95. The number of nitrogens with one attached hydrogen (secondary N) is 1. The third kappa shape index (κ3) is 5.25. The number of thioether (sulfide) groups is 1. The summed E-state index contributed by atoms with van der Waals surface area (Å²) in [5.41, 5.74) is 2.23. The SMILES string of the molecule is CSCCCNC(=O)C(c1cccc(C)c1)N(C)C. The quantitative estimate of drug-likeness (QED) is 0.779. The zero-order valence-electron chi connectivity index (χ0n) is 12.3. The molecule has 106 valence electrons. The second-order valence-corrected chi connectivity index (χ2v) is 5.90. The number of rotatable bonds is 7. The zero-order valence-corrected chi connectivity index (χ0v) is 13.1. The Morgan fingerprint density at radius 2 is 2.16 bits per heavy atom. The molecule has 1 N–H and O–H groups in total. The lowest BCUT2D eigenvalue weighted by Gasteiger charge is -2.24. The molecule has 1 atom stereocenters. The van der Waals surface area contributed by atoms with Crippen molar-refractivity contribution in [3.05, 3.63) is 35.4 Å². The minimum absolute atomic E-state index is 0.0803. The van der Waals surface area contributed by atoms with Gasteiger partial charge in [0.25, 0.3) is 0 Å². The minimum Gasteiger partial charge on any atom is -0.354 e. The average Bonchev–Trinajstić information content (AvgIpc) is 2.34. The van der Waals surface area contributed by atoms with Crippen molar-refractivity contribution < 1.29 is 4.79 Å². The molecule has 19 heavy (non-hydrogen) atoms. The van der Waals surface area contributed by atoms with Gasteiger partial charge in [-0.05, 0) is 45.0 Å². The summed E-state index contributed by atoms with van der Waals surface area (Å²) < 4.78 is 0. The second kappa shape index (κ2) is 8.23. The molecule has 0 saturated heterocycles. The maximum Gasteiger partial charge on any atom is 0.241 e. The van der Waals surface area contributed by atoms with Gasteiger partial charge in [0.15, 0.2) is 0 Å². The molecular weight excluding hydrogens is 256 g/mol. The van der Waals surface area contributed by atoms with Gasteiger partial charge < -0.3 is 5.32 Å². The Bertz CT molecular complexity index is 407. The van der Waals surface area contributed by atoms with Crippen molar-refractivity contribution in [3.8, 4) is 0 Å². The molecule has 0 aliphatic rings. The first-order valence-electron chi connectivity index (χ1n) is 6.56. The van der Waals surface area contributed by atoms with E-state index in [0.717, 1.165) is 24.3 Å². The van der Waals surface area contributed by atoms with Crippen LogP contribution in [0.4, 0.5) is 0 Å². The van der Waals surface area contributed by atoms with Crippen molar-refractivity contribution in [3.63, 3.8) is 0 Å². The minimum atomic E-state index is -0.214. The third-order valence-corrected chi connectivity index (χ3v) is 3.64. The van der Waals surface area contributed by atoms with Crippen LogP contribution in [0.3, 0.4) is 0 Å². The number of amides is 1. The van der Waals surface area contributed by atoms with Gasteiger partial charge in [-0.25, -0.2) is 0 Å². The fraction of sp³-hybridized carbons (Fsp3) is 0.533. The van der Waals surface area contributed by atoms with Crippen LogP contribution in [-0.4, -0.2) is 43.5 Å². The van der Waals surface area contributed by atoms with Crippen LogP contribution < -0.4 is 5.32 Å². The Morgan fingerprint density at radius 3 is 2.74 bits per heavy atom. The van der Waals surface area contributed by atoms with Crippen molar-refractivity contribution in [1.82, 2.24) is 10.2 Å². The highest BCUT2D eigenvalue weighted by atomic mass is 32.2. The molecule has 1 aromatic carbocycles. The Kier molecular flexibility index (Phi) is 6.95. The molecule has 3 nitrogen and oxygen atoms in total. The molecule has 0 aromatic heterocycles. The van der Waals surface area contributed by atoms with Gasteiger partial charge in [0.2, 0.25) is 5.91 Å². The Hall–Kier alpha value is -1.00. The lowest BCUT2D eigenvalue weighted by Crippen LogP contribution is -2.37. The molecular formula is C15H24N2OS. The van der Waals surface area contributed by atoms with Crippen molar-refractivity contribution >= 4 is 17.7 Å². The van der Waals surface area contributed by atoms with E-state index in [1.807, 2.05) is 44.1 Å². The molecule has 0 heterocycles. The van der Waals surface area contributed by atoms with Gasteiger partial charge in [0.05, 0.1) is 0 Å². The molecule has 0 radical (unpaired) electrons. The molecule has 1 aromatic rings. The zero-order chi connectivity index (χ0) is 14.3. The summed E-state index contributed by atoms with van der Waals surface area (Å²) in [4.78, 5) is 14.3. The number of nitrogens with zero attached hydrogens (tertiary/aromatic N) is 1. The van der Waals surface area contributed by atoms with Crippen LogP contribution in [0.1, 0.15) is 23.6 Å². The van der Waals surface area contributed by atoms with E-state index in [4.69, 9.17) is 0 Å². The van der Waals surface area contributed by atoms with Gasteiger partial charge in [-0.1, -0.05) is 29.8 Å². The van der Waals surface area contributed by atoms with E-state index in [-0.39, 0.29) is 11.9 Å². The van der Waals surface area contributed by atoms with Gasteiger partial charge in [-0.2, -0.15) is 11.8 Å². The number of carbonyl (C=O) groups is 1. The summed E-state index contributed by atoms with van der Waals surface area (Å²) in [6.07, 6.45) is 3.10. The smallest absolute Gasteiger partial charge is 0.241 e. The highest BCUT2D eigenvalue weighted by Crippen LogP contribution is 2.19. The maximum absolute atomic E-state index is 12.3. The predicted octanol–water partition coefficient (Wildman–Crippen LogP) is 2.47. The molecule has 1 unspecified atom stereocenters. The summed E-state index contributed by atoms with van der Waals surface area (Å²) in [5, 5.41) is 3.02. The first-order valence-corrected chi connectivity index (χ1v) is 7.95. The van der Waals surface area contributed by atoms with E-state index in [2.05, 4.69) is 17.6 Å². The lowest BCUT2D eigenvalue weighted by molar-refractivity contribution is -0.125. The van der Waals surface area contributed by atoms with Crippen LogP contribution in [0, 0.1) is 6.92 Å². The molecule has 0 aliphatic carbocycles. The van der Waals surface area contributed by atoms with Crippen LogP contribution in [0.5, 0.6) is 0 Å². The van der Waals surface area contributed by atoms with Crippen LogP contribution in [0.2, 0.25) is 0 Å². The van der Waals surface area contributed by atoms with Gasteiger partial charge in [-0.3, -0.25) is 9.69 Å². The standard InChI is InChI=1S/C15H24N2OS/c1-12-7-5-8-13(11-12)14(17(2)3)15(18)16-9-6-10-19-4/h5,7-8,11,14H,6,9-10H2,1-4H3,(H,16,18). The maximum atomic E-state index is 12.3. The first kappa shape index (κ1) is 16.1. The molecule has 0 saturated carbocycles. The summed E-state index contributed by atoms with van der Waals surface area (Å²) in [6, 6.07) is 7.93. The number of hydrogen-bond donors (Lipinski definition) is 1. The number of carbonyl (C=O) groups excluding carboxylic acids is 1. The number of aryl methyl sites for hydroxylation is 1. The molecule has 0 spiro atoms. The lowest BCUT2D eigenvalue weighted by atomic mass is 10.0. The van der Waals surface area contributed by atoms with E-state index in [1.54, 1.807) is 11.8 Å². The Balaban J connectivity index is 2.69. The van der Waals surface area contributed by atoms with Crippen molar-refractivity contribution in [2.24, 2.45) is 0 Å². The first-order chi connectivity index (χ1) is 9.06. The van der Waals surface area contributed by atoms with E-state index >= 15 is 0 Å². The number of likely N-dealkylation sites (N-methyl/N-ethyl adjacent to an activating group) is 1. The molecule has 0 fully saturated rings. The van der Waals surface area contributed by atoms with E-state index in [0.29, 0.717) is 0 Å².